The molecule has 0 heterocycles. The van der Waals surface area contributed by atoms with Gasteiger partial charge in [-0.05, 0) is 56.2 Å². The molecular formula is C16H24O2. The average Bonchev–Trinajstić information content (AvgIpc) is 2.39. The van der Waals surface area contributed by atoms with Gasteiger partial charge in [0.2, 0.25) is 0 Å². The van der Waals surface area contributed by atoms with E-state index in [1.807, 2.05) is 24.3 Å². The first-order chi connectivity index (χ1) is 8.70. The zero-order valence-corrected chi connectivity index (χ0v) is 11.4. The molecule has 2 heteroatoms. The molecule has 2 nitrogen and oxygen atoms in total. The summed E-state index contributed by atoms with van der Waals surface area (Å²) < 4.78 is 6.14. The minimum Gasteiger partial charge on any atom is -0.490 e. The molecule has 0 aromatic heterocycles. The largest absolute Gasteiger partial charge is 0.490 e. The van der Waals surface area contributed by atoms with Crippen molar-refractivity contribution in [3.8, 4) is 5.75 Å². The van der Waals surface area contributed by atoms with E-state index in [1.54, 1.807) is 6.92 Å². The molecular weight excluding hydrogens is 224 g/mol. The predicted octanol–water partition coefficient (Wildman–Crippen LogP) is 4.09. The molecule has 1 fully saturated rings. The molecule has 1 aliphatic rings. The molecule has 1 aromatic carbocycles. The van der Waals surface area contributed by atoms with E-state index < -0.39 is 6.10 Å². The third-order valence-electron chi connectivity index (χ3n) is 3.99. The lowest BCUT2D eigenvalue weighted by Gasteiger charge is -2.31. The number of hydrogen-bond acceptors (Lipinski definition) is 2. The molecule has 0 radical (unpaired) electrons. The van der Waals surface area contributed by atoms with Crippen molar-refractivity contribution in [2.24, 2.45) is 5.92 Å². The average molecular weight is 248 g/mol. The molecule has 1 saturated carbocycles. The van der Waals surface area contributed by atoms with Gasteiger partial charge in [0.1, 0.15) is 11.9 Å². The van der Waals surface area contributed by atoms with Crippen LogP contribution in [-0.4, -0.2) is 11.2 Å². The molecule has 0 spiro atoms. The summed E-state index contributed by atoms with van der Waals surface area (Å²) in [5.74, 6) is 1.59. The number of aliphatic hydroxyl groups is 1. The summed E-state index contributed by atoms with van der Waals surface area (Å²) in [6.45, 7) is 4.03. The van der Waals surface area contributed by atoms with Crippen molar-refractivity contribution in [1.29, 1.82) is 0 Å². The second kappa shape index (κ2) is 6.24. The van der Waals surface area contributed by atoms with Gasteiger partial charge < -0.3 is 9.84 Å². The van der Waals surface area contributed by atoms with Gasteiger partial charge in [-0.1, -0.05) is 25.5 Å². The van der Waals surface area contributed by atoms with Gasteiger partial charge in [0.15, 0.2) is 0 Å². The summed E-state index contributed by atoms with van der Waals surface area (Å²) in [4.78, 5) is 0. The molecule has 18 heavy (non-hydrogen) atoms. The maximum absolute atomic E-state index is 9.60. The van der Waals surface area contributed by atoms with Crippen LogP contribution in [0.3, 0.4) is 0 Å². The van der Waals surface area contributed by atoms with Crippen LogP contribution in [0.5, 0.6) is 5.75 Å². The Morgan fingerprint density at radius 1 is 1.33 bits per heavy atom. The molecule has 0 aliphatic heterocycles. The zero-order valence-electron chi connectivity index (χ0n) is 11.4. The molecule has 100 valence electrons. The summed E-state index contributed by atoms with van der Waals surface area (Å²) in [5, 5.41) is 9.60. The standard InChI is InChI=1S/C16H24O2/c1-3-13-7-4-5-10-16(13)18-15-9-6-8-14(11-15)12(2)17/h6,8-9,11-13,16-17H,3-5,7,10H2,1-2H3/t12-,13?,16?/m0/s1. The van der Waals surface area contributed by atoms with E-state index in [1.165, 1.54) is 25.7 Å². The normalized spacial score (nSPS) is 25.7. The first-order valence-electron chi connectivity index (χ1n) is 7.15. The van der Waals surface area contributed by atoms with Gasteiger partial charge in [-0.15, -0.1) is 0 Å². The Balaban J connectivity index is 2.05. The van der Waals surface area contributed by atoms with E-state index in [0.29, 0.717) is 12.0 Å². The molecule has 1 aliphatic carbocycles. The van der Waals surface area contributed by atoms with Crippen molar-refractivity contribution in [2.45, 2.75) is 58.2 Å². The Morgan fingerprint density at radius 3 is 2.83 bits per heavy atom. The van der Waals surface area contributed by atoms with Gasteiger partial charge in [0, 0.05) is 0 Å². The van der Waals surface area contributed by atoms with Gasteiger partial charge in [-0.25, -0.2) is 0 Å². The van der Waals surface area contributed by atoms with Crippen molar-refractivity contribution in [1.82, 2.24) is 0 Å². The van der Waals surface area contributed by atoms with Crippen molar-refractivity contribution in [3.63, 3.8) is 0 Å². The van der Waals surface area contributed by atoms with Crippen LogP contribution in [0.25, 0.3) is 0 Å². The summed E-state index contributed by atoms with van der Waals surface area (Å²) in [6, 6.07) is 7.86. The fourth-order valence-corrected chi connectivity index (χ4v) is 2.82. The van der Waals surface area contributed by atoms with E-state index in [0.717, 1.165) is 17.7 Å². The Kier molecular flexibility index (Phi) is 4.65. The van der Waals surface area contributed by atoms with Gasteiger partial charge in [-0.3, -0.25) is 0 Å². The first kappa shape index (κ1) is 13.4. The molecule has 0 bridgehead atoms. The maximum Gasteiger partial charge on any atom is 0.120 e. The van der Waals surface area contributed by atoms with E-state index in [2.05, 4.69) is 6.92 Å². The Morgan fingerprint density at radius 2 is 2.11 bits per heavy atom. The highest BCUT2D eigenvalue weighted by Crippen LogP contribution is 2.31. The molecule has 0 saturated heterocycles. The van der Waals surface area contributed by atoms with Crippen LogP contribution in [0, 0.1) is 5.92 Å². The third kappa shape index (κ3) is 3.26. The number of aliphatic hydroxyl groups excluding tert-OH is 1. The lowest BCUT2D eigenvalue weighted by Crippen LogP contribution is -2.29. The molecule has 2 unspecified atom stereocenters. The van der Waals surface area contributed by atoms with Crippen LogP contribution in [0.2, 0.25) is 0 Å². The quantitative estimate of drug-likeness (QED) is 0.869. The fourth-order valence-electron chi connectivity index (χ4n) is 2.82. The highest BCUT2D eigenvalue weighted by molar-refractivity contribution is 5.29. The zero-order chi connectivity index (χ0) is 13.0. The van der Waals surface area contributed by atoms with Gasteiger partial charge >= 0.3 is 0 Å². The van der Waals surface area contributed by atoms with E-state index in [4.69, 9.17) is 4.74 Å². The van der Waals surface area contributed by atoms with E-state index >= 15 is 0 Å². The summed E-state index contributed by atoms with van der Waals surface area (Å²) in [5.41, 5.74) is 0.927. The second-order valence-electron chi connectivity index (χ2n) is 5.36. The maximum atomic E-state index is 9.60. The molecule has 3 atom stereocenters. The van der Waals surface area contributed by atoms with Gasteiger partial charge in [-0.2, -0.15) is 0 Å². The lowest BCUT2D eigenvalue weighted by atomic mass is 9.85. The number of hydrogen-bond donors (Lipinski definition) is 1. The summed E-state index contributed by atoms with van der Waals surface area (Å²) in [7, 11) is 0. The minimum atomic E-state index is -0.429. The highest BCUT2D eigenvalue weighted by Gasteiger charge is 2.25. The van der Waals surface area contributed by atoms with Crippen molar-refractivity contribution < 1.29 is 9.84 Å². The topological polar surface area (TPSA) is 29.5 Å². The Hall–Kier alpha value is -1.02. The predicted molar refractivity (Wildman–Crippen MR) is 73.7 cm³/mol. The molecule has 1 N–H and O–H groups in total. The molecule has 1 aromatic rings. The third-order valence-corrected chi connectivity index (χ3v) is 3.99. The number of rotatable bonds is 4. The van der Waals surface area contributed by atoms with E-state index in [9.17, 15) is 5.11 Å². The van der Waals surface area contributed by atoms with E-state index in [-0.39, 0.29) is 0 Å². The van der Waals surface area contributed by atoms with Crippen molar-refractivity contribution in [3.05, 3.63) is 29.8 Å². The van der Waals surface area contributed by atoms with Crippen molar-refractivity contribution >= 4 is 0 Å². The van der Waals surface area contributed by atoms with Crippen LogP contribution < -0.4 is 4.74 Å². The lowest BCUT2D eigenvalue weighted by molar-refractivity contribution is 0.0899. The molecule has 2 rings (SSSR count). The van der Waals surface area contributed by atoms with Crippen LogP contribution in [0.4, 0.5) is 0 Å². The molecule has 0 amide bonds. The van der Waals surface area contributed by atoms with Crippen LogP contribution >= 0.6 is 0 Å². The van der Waals surface area contributed by atoms with Crippen LogP contribution in [0.1, 0.15) is 57.6 Å². The van der Waals surface area contributed by atoms with Crippen molar-refractivity contribution in [2.75, 3.05) is 0 Å². The second-order valence-corrected chi connectivity index (χ2v) is 5.36. The number of benzene rings is 1. The van der Waals surface area contributed by atoms with Gasteiger partial charge in [0.25, 0.3) is 0 Å². The summed E-state index contributed by atoms with van der Waals surface area (Å²) >= 11 is 0. The smallest absolute Gasteiger partial charge is 0.120 e. The monoisotopic (exact) mass is 248 g/mol. The number of ether oxygens (including phenoxy) is 1. The van der Waals surface area contributed by atoms with Gasteiger partial charge in [0.05, 0.1) is 6.10 Å². The SMILES string of the molecule is CCC1CCCCC1Oc1cccc([C@H](C)O)c1. The first-order valence-corrected chi connectivity index (χ1v) is 7.15. The highest BCUT2D eigenvalue weighted by atomic mass is 16.5. The summed E-state index contributed by atoms with van der Waals surface area (Å²) in [6.07, 6.45) is 6.19. The Bertz CT molecular complexity index is 373. The van der Waals surface area contributed by atoms with Crippen LogP contribution in [-0.2, 0) is 0 Å². The Labute approximate surface area is 110 Å². The fraction of sp³-hybridized carbons (Fsp3) is 0.625. The minimum absolute atomic E-state index is 0.355. The van der Waals surface area contributed by atoms with Crippen LogP contribution in [0.15, 0.2) is 24.3 Å².